The standard InChI is InChI=1S/C13H17N3O4S/c1-2-12(17)15-9-3-5-10(6-4-9)16-8-11(7-13(16)18)21(14,19)20/h3-6,11H,2,7-8H2,1H3,(H,15,17)(H2,14,19,20). The van der Waals surface area contributed by atoms with E-state index < -0.39 is 15.3 Å². The SMILES string of the molecule is CCC(=O)Nc1ccc(N2CC(S(N)(=O)=O)CC2=O)cc1. The topological polar surface area (TPSA) is 110 Å². The summed E-state index contributed by atoms with van der Waals surface area (Å²) in [6.45, 7) is 1.80. The smallest absolute Gasteiger partial charge is 0.228 e. The first-order chi connectivity index (χ1) is 9.81. The number of carbonyl (C=O) groups excluding carboxylic acids is 2. The van der Waals surface area contributed by atoms with Crippen molar-refractivity contribution >= 4 is 33.2 Å². The van der Waals surface area contributed by atoms with E-state index in [1.165, 1.54) is 4.90 Å². The second-order valence-electron chi connectivity index (χ2n) is 4.87. The van der Waals surface area contributed by atoms with Crippen LogP contribution in [-0.4, -0.2) is 32.0 Å². The average molecular weight is 311 g/mol. The van der Waals surface area contributed by atoms with Crippen LogP contribution in [-0.2, 0) is 19.6 Å². The lowest BCUT2D eigenvalue weighted by molar-refractivity contribution is -0.117. The molecule has 1 unspecified atom stereocenters. The van der Waals surface area contributed by atoms with Crippen molar-refractivity contribution in [2.24, 2.45) is 5.14 Å². The van der Waals surface area contributed by atoms with E-state index in [1.54, 1.807) is 31.2 Å². The Morgan fingerprint density at radius 2 is 2.00 bits per heavy atom. The molecule has 2 amide bonds. The molecule has 1 saturated heterocycles. The Hall–Kier alpha value is -1.93. The normalized spacial score (nSPS) is 18.9. The van der Waals surface area contributed by atoms with Gasteiger partial charge in [0.1, 0.15) is 5.25 Å². The third-order valence-electron chi connectivity index (χ3n) is 3.34. The zero-order valence-electron chi connectivity index (χ0n) is 11.6. The van der Waals surface area contributed by atoms with Crippen molar-refractivity contribution in [2.75, 3.05) is 16.8 Å². The largest absolute Gasteiger partial charge is 0.326 e. The molecule has 1 aromatic rings. The number of carbonyl (C=O) groups is 2. The molecule has 8 heteroatoms. The number of nitrogens with zero attached hydrogens (tertiary/aromatic N) is 1. The van der Waals surface area contributed by atoms with Crippen molar-refractivity contribution in [1.29, 1.82) is 0 Å². The van der Waals surface area contributed by atoms with E-state index in [-0.39, 0.29) is 24.8 Å². The number of primary sulfonamides is 1. The molecule has 1 fully saturated rings. The summed E-state index contributed by atoms with van der Waals surface area (Å²) in [6, 6.07) is 6.66. The van der Waals surface area contributed by atoms with Crippen LogP contribution in [0.25, 0.3) is 0 Å². The van der Waals surface area contributed by atoms with Crippen molar-refractivity contribution in [3.63, 3.8) is 0 Å². The molecule has 0 bridgehead atoms. The molecule has 0 aliphatic carbocycles. The van der Waals surface area contributed by atoms with Crippen molar-refractivity contribution < 1.29 is 18.0 Å². The van der Waals surface area contributed by atoms with Crippen molar-refractivity contribution in [2.45, 2.75) is 25.0 Å². The van der Waals surface area contributed by atoms with E-state index in [1.807, 2.05) is 0 Å². The van der Waals surface area contributed by atoms with Crippen LogP contribution in [0, 0.1) is 0 Å². The zero-order chi connectivity index (χ0) is 15.6. The Bertz CT molecular complexity index is 654. The lowest BCUT2D eigenvalue weighted by Gasteiger charge is -2.16. The number of nitrogens with one attached hydrogen (secondary N) is 1. The molecule has 1 atom stereocenters. The lowest BCUT2D eigenvalue weighted by Crippen LogP contribution is -2.32. The van der Waals surface area contributed by atoms with E-state index in [4.69, 9.17) is 5.14 Å². The van der Waals surface area contributed by atoms with Crippen molar-refractivity contribution in [3.05, 3.63) is 24.3 Å². The molecule has 2 rings (SSSR count). The maximum absolute atomic E-state index is 11.9. The summed E-state index contributed by atoms with van der Waals surface area (Å²) in [5, 5.41) is 6.91. The highest BCUT2D eigenvalue weighted by Crippen LogP contribution is 2.25. The maximum Gasteiger partial charge on any atom is 0.228 e. The number of hydrogen-bond donors (Lipinski definition) is 2. The summed E-state index contributed by atoms with van der Waals surface area (Å²) in [5.74, 6) is -0.381. The summed E-state index contributed by atoms with van der Waals surface area (Å²) in [6.07, 6.45) is 0.273. The number of sulfonamides is 1. The first-order valence-electron chi connectivity index (χ1n) is 6.53. The van der Waals surface area contributed by atoms with E-state index in [0.717, 1.165) is 0 Å². The second kappa shape index (κ2) is 5.82. The molecule has 114 valence electrons. The molecular formula is C13H17N3O4S. The number of amides is 2. The van der Waals surface area contributed by atoms with E-state index in [2.05, 4.69) is 5.32 Å². The fraction of sp³-hybridized carbons (Fsp3) is 0.385. The summed E-state index contributed by atoms with van der Waals surface area (Å²) in [4.78, 5) is 24.5. The van der Waals surface area contributed by atoms with Crippen LogP contribution >= 0.6 is 0 Å². The Labute approximate surface area is 123 Å². The van der Waals surface area contributed by atoms with E-state index in [9.17, 15) is 18.0 Å². The number of benzene rings is 1. The molecular weight excluding hydrogens is 294 g/mol. The van der Waals surface area contributed by atoms with Crippen LogP contribution in [0.3, 0.4) is 0 Å². The van der Waals surface area contributed by atoms with Crippen LogP contribution in [0.4, 0.5) is 11.4 Å². The summed E-state index contributed by atoms with van der Waals surface area (Å²) < 4.78 is 22.6. The maximum atomic E-state index is 11.9. The van der Waals surface area contributed by atoms with Gasteiger partial charge >= 0.3 is 0 Å². The van der Waals surface area contributed by atoms with Gasteiger partial charge in [-0.25, -0.2) is 13.6 Å². The third kappa shape index (κ3) is 3.59. The van der Waals surface area contributed by atoms with Crippen LogP contribution < -0.4 is 15.4 Å². The first kappa shape index (κ1) is 15.5. The van der Waals surface area contributed by atoms with Gasteiger partial charge in [-0.1, -0.05) is 6.92 Å². The highest BCUT2D eigenvalue weighted by Gasteiger charge is 2.37. The fourth-order valence-electron chi connectivity index (χ4n) is 2.12. The van der Waals surface area contributed by atoms with Gasteiger partial charge in [-0.15, -0.1) is 0 Å². The van der Waals surface area contributed by atoms with Gasteiger partial charge < -0.3 is 10.2 Å². The molecule has 1 aliphatic rings. The summed E-state index contributed by atoms with van der Waals surface area (Å²) in [5.41, 5.74) is 1.21. The fourth-order valence-corrected chi connectivity index (χ4v) is 2.85. The lowest BCUT2D eigenvalue weighted by atomic mass is 10.2. The Morgan fingerprint density at radius 3 is 2.48 bits per heavy atom. The van der Waals surface area contributed by atoms with Gasteiger partial charge in [0.2, 0.25) is 21.8 Å². The first-order valence-corrected chi connectivity index (χ1v) is 8.14. The summed E-state index contributed by atoms with van der Waals surface area (Å²) in [7, 11) is -3.72. The second-order valence-corrected chi connectivity index (χ2v) is 6.71. The van der Waals surface area contributed by atoms with Gasteiger partial charge in [0.05, 0.1) is 0 Å². The number of anilines is 2. The van der Waals surface area contributed by atoms with E-state index >= 15 is 0 Å². The number of rotatable bonds is 4. The molecule has 0 radical (unpaired) electrons. The molecule has 21 heavy (non-hydrogen) atoms. The van der Waals surface area contributed by atoms with Crippen LogP contribution in [0.5, 0.6) is 0 Å². The van der Waals surface area contributed by atoms with Gasteiger partial charge in [-0.2, -0.15) is 0 Å². The predicted molar refractivity (Wildman–Crippen MR) is 79.2 cm³/mol. The Balaban J connectivity index is 2.12. The third-order valence-corrected chi connectivity index (χ3v) is 4.58. The zero-order valence-corrected chi connectivity index (χ0v) is 12.4. The minimum absolute atomic E-state index is 0.0539. The predicted octanol–water partition coefficient (Wildman–Crippen LogP) is 0.429. The van der Waals surface area contributed by atoms with Gasteiger partial charge in [-0.05, 0) is 24.3 Å². The minimum atomic E-state index is -3.72. The summed E-state index contributed by atoms with van der Waals surface area (Å²) >= 11 is 0. The highest BCUT2D eigenvalue weighted by atomic mass is 32.2. The molecule has 7 nitrogen and oxygen atoms in total. The number of nitrogens with two attached hydrogens (primary N) is 1. The molecule has 1 heterocycles. The number of hydrogen-bond acceptors (Lipinski definition) is 4. The molecule has 1 aliphatic heterocycles. The van der Waals surface area contributed by atoms with Gasteiger partial charge in [0.15, 0.2) is 0 Å². The Kier molecular flexibility index (Phi) is 4.29. The highest BCUT2D eigenvalue weighted by molar-refractivity contribution is 7.89. The molecule has 3 N–H and O–H groups in total. The van der Waals surface area contributed by atoms with Crippen LogP contribution in [0.15, 0.2) is 24.3 Å². The Morgan fingerprint density at radius 1 is 1.38 bits per heavy atom. The van der Waals surface area contributed by atoms with Crippen LogP contribution in [0.2, 0.25) is 0 Å². The van der Waals surface area contributed by atoms with E-state index in [0.29, 0.717) is 17.8 Å². The quantitative estimate of drug-likeness (QED) is 0.840. The molecule has 0 saturated carbocycles. The molecule has 1 aromatic carbocycles. The molecule has 0 aromatic heterocycles. The van der Waals surface area contributed by atoms with Gasteiger partial charge in [0, 0.05) is 30.8 Å². The van der Waals surface area contributed by atoms with Crippen molar-refractivity contribution in [1.82, 2.24) is 0 Å². The average Bonchev–Trinajstić information content (AvgIpc) is 2.81. The van der Waals surface area contributed by atoms with Crippen LogP contribution in [0.1, 0.15) is 19.8 Å². The van der Waals surface area contributed by atoms with Gasteiger partial charge in [0.25, 0.3) is 0 Å². The van der Waals surface area contributed by atoms with Crippen molar-refractivity contribution in [3.8, 4) is 0 Å². The molecule has 0 spiro atoms. The minimum Gasteiger partial charge on any atom is -0.326 e. The monoisotopic (exact) mass is 311 g/mol. The van der Waals surface area contributed by atoms with Gasteiger partial charge in [-0.3, -0.25) is 9.59 Å².